The Bertz CT molecular complexity index is 281. The zero-order valence-corrected chi connectivity index (χ0v) is 8.37. The first kappa shape index (κ1) is 9.03. The highest BCUT2D eigenvalue weighted by atomic mass is 35.5. The second-order valence-electron chi connectivity index (χ2n) is 3.34. The molecule has 1 aliphatic heterocycles. The first-order valence-corrected chi connectivity index (χ1v) is 4.97. The van der Waals surface area contributed by atoms with Crippen LogP contribution in [-0.2, 0) is 11.3 Å². The maximum atomic E-state index is 5.97. The van der Waals surface area contributed by atoms with E-state index in [9.17, 15) is 0 Å². The summed E-state index contributed by atoms with van der Waals surface area (Å²) in [5, 5.41) is -0.0323. The fourth-order valence-corrected chi connectivity index (χ4v) is 1.66. The molecule has 13 heavy (non-hydrogen) atoms. The Hall–Kier alpha value is -0.540. The summed E-state index contributed by atoms with van der Waals surface area (Å²) in [6, 6.07) is 0. The fourth-order valence-electron chi connectivity index (χ4n) is 1.47. The molecule has 0 aliphatic carbocycles. The molecule has 0 radical (unpaired) electrons. The van der Waals surface area contributed by atoms with E-state index in [0.717, 1.165) is 25.4 Å². The van der Waals surface area contributed by atoms with Gasteiger partial charge in [-0.05, 0) is 13.3 Å². The van der Waals surface area contributed by atoms with Crippen LogP contribution in [0.25, 0.3) is 0 Å². The Morgan fingerprint density at radius 2 is 2.62 bits per heavy atom. The third-order valence-corrected chi connectivity index (χ3v) is 2.49. The molecule has 2 rings (SSSR count). The molecule has 0 saturated carbocycles. The molecule has 2 atom stereocenters. The average molecular weight is 201 g/mol. The minimum absolute atomic E-state index is 0.0323. The van der Waals surface area contributed by atoms with E-state index in [0.29, 0.717) is 6.10 Å². The van der Waals surface area contributed by atoms with Crippen molar-refractivity contribution in [3.8, 4) is 0 Å². The van der Waals surface area contributed by atoms with E-state index in [-0.39, 0.29) is 5.38 Å². The van der Waals surface area contributed by atoms with Gasteiger partial charge in [0.15, 0.2) is 0 Å². The van der Waals surface area contributed by atoms with Gasteiger partial charge in [0.1, 0.15) is 5.82 Å². The zero-order chi connectivity index (χ0) is 9.26. The summed E-state index contributed by atoms with van der Waals surface area (Å²) in [6.07, 6.45) is 5.25. The highest BCUT2D eigenvalue weighted by Crippen LogP contribution is 2.20. The predicted octanol–water partition coefficient (Wildman–Crippen LogP) is 1.97. The molecule has 0 N–H and O–H groups in total. The molecule has 3 nitrogen and oxygen atoms in total. The van der Waals surface area contributed by atoms with E-state index in [1.807, 2.05) is 13.1 Å². The van der Waals surface area contributed by atoms with Crippen molar-refractivity contribution in [2.45, 2.75) is 31.4 Å². The minimum atomic E-state index is -0.0323. The first-order chi connectivity index (χ1) is 6.27. The van der Waals surface area contributed by atoms with Gasteiger partial charge >= 0.3 is 0 Å². The predicted molar refractivity (Wildman–Crippen MR) is 50.9 cm³/mol. The number of ether oxygens (including phenoxy) is 1. The van der Waals surface area contributed by atoms with Crippen LogP contribution < -0.4 is 0 Å². The Kier molecular flexibility index (Phi) is 2.56. The van der Waals surface area contributed by atoms with Crippen LogP contribution in [0.4, 0.5) is 0 Å². The van der Waals surface area contributed by atoms with E-state index >= 15 is 0 Å². The largest absolute Gasteiger partial charge is 0.376 e. The smallest absolute Gasteiger partial charge is 0.126 e. The number of nitrogens with zero attached hydrogens (tertiary/aromatic N) is 2. The third kappa shape index (κ3) is 1.86. The van der Waals surface area contributed by atoms with E-state index in [4.69, 9.17) is 16.3 Å². The van der Waals surface area contributed by atoms with Crippen molar-refractivity contribution in [2.75, 3.05) is 6.61 Å². The lowest BCUT2D eigenvalue weighted by Crippen LogP contribution is -2.31. The van der Waals surface area contributed by atoms with Crippen molar-refractivity contribution >= 4 is 11.6 Å². The van der Waals surface area contributed by atoms with Crippen LogP contribution in [0.2, 0.25) is 0 Å². The topological polar surface area (TPSA) is 27.1 Å². The summed E-state index contributed by atoms with van der Waals surface area (Å²) in [5.41, 5.74) is 0. The van der Waals surface area contributed by atoms with Gasteiger partial charge in [0.25, 0.3) is 0 Å². The lowest BCUT2D eigenvalue weighted by atomic mass is 10.2. The van der Waals surface area contributed by atoms with Gasteiger partial charge in [-0.3, -0.25) is 0 Å². The van der Waals surface area contributed by atoms with Crippen molar-refractivity contribution < 1.29 is 4.74 Å². The molecule has 1 aromatic rings. The van der Waals surface area contributed by atoms with E-state index in [2.05, 4.69) is 9.55 Å². The molecule has 2 heterocycles. The van der Waals surface area contributed by atoms with Gasteiger partial charge < -0.3 is 9.30 Å². The van der Waals surface area contributed by atoms with Crippen LogP contribution in [0.3, 0.4) is 0 Å². The van der Waals surface area contributed by atoms with E-state index in [1.165, 1.54) is 0 Å². The van der Waals surface area contributed by atoms with Crippen LogP contribution in [0.15, 0.2) is 12.4 Å². The summed E-state index contributed by atoms with van der Waals surface area (Å²) in [5.74, 6) is 0.928. The highest BCUT2D eigenvalue weighted by molar-refractivity contribution is 6.20. The second-order valence-corrected chi connectivity index (χ2v) is 3.99. The molecule has 1 aromatic heterocycles. The monoisotopic (exact) mass is 200 g/mol. The lowest BCUT2D eigenvalue weighted by molar-refractivity contribution is -0.0595. The Balaban J connectivity index is 2.05. The molecule has 0 spiro atoms. The molecular formula is C9H13ClN2O. The quantitative estimate of drug-likeness (QED) is 0.698. The number of aromatic nitrogens is 2. The molecule has 1 saturated heterocycles. The average Bonchev–Trinajstić information content (AvgIpc) is 2.44. The minimum Gasteiger partial charge on any atom is -0.376 e. The Morgan fingerprint density at radius 3 is 3.15 bits per heavy atom. The Labute approximate surface area is 82.7 Å². The molecule has 72 valence electrons. The second kappa shape index (κ2) is 3.68. The summed E-state index contributed by atoms with van der Waals surface area (Å²) >= 11 is 5.97. The maximum Gasteiger partial charge on any atom is 0.126 e. The first-order valence-electron chi connectivity index (χ1n) is 4.54. The number of hydrogen-bond donors (Lipinski definition) is 0. The van der Waals surface area contributed by atoms with Gasteiger partial charge in [-0.15, -0.1) is 11.6 Å². The molecule has 0 unspecified atom stereocenters. The van der Waals surface area contributed by atoms with Crippen molar-refractivity contribution in [3.63, 3.8) is 0 Å². The maximum absolute atomic E-state index is 5.97. The zero-order valence-electron chi connectivity index (χ0n) is 7.61. The number of halogens is 1. The number of imidazole rings is 1. The molecule has 1 fully saturated rings. The van der Waals surface area contributed by atoms with E-state index in [1.54, 1.807) is 6.20 Å². The molecule has 1 aliphatic rings. The lowest BCUT2D eigenvalue weighted by Gasteiger charge is -2.27. The summed E-state index contributed by atoms with van der Waals surface area (Å²) < 4.78 is 7.42. The van der Waals surface area contributed by atoms with Crippen LogP contribution in [0.5, 0.6) is 0 Å². The van der Waals surface area contributed by atoms with Crippen molar-refractivity contribution in [1.82, 2.24) is 9.55 Å². The van der Waals surface area contributed by atoms with Crippen molar-refractivity contribution in [2.24, 2.45) is 0 Å². The summed E-state index contributed by atoms with van der Waals surface area (Å²) in [6.45, 7) is 3.71. The summed E-state index contributed by atoms with van der Waals surface area (Å²) in [7, 11) is 0. The van der Waals surface area contributed by atoms with Crippen LogP contribution in [0.1, 0.15) is 24.5 Å². The molecule has 4 heteroatoms. The van der Waals surface area contributed by atoms with Crippen molar-refractivity contribution in [1.29, 1.82) is 0 Å². The molecule has 0 bridgehead atoms. The molecule has 0 amide bonds. The highest BCUT2D eigenvalue weighted by Gasteiger charge is 2.20. The van der Waals surface area contributed by atoms with E-state index < -0.39 is 0 Å². The van der Waals surface area contributed by atoms with Gasteiger partial charge in [0.2, 0.25) is 0 Å². The van der Waals surface area contributed by atoms with Gasteiger partial charge in [-0.2, -0.15) is 0 Å². The van der Waals surface area contributed by atoms with Gasteiger partial charge in [0, 0.05) is 19.0 Å². The van der Waals surface area contributed by atoms with Crippen LogP contribution >= 0.6 is 11.6 Å². The number of alkyl halides is 1. The van der Waals surface area contributed by atoms with Crippen molar-refractivity contribution in [3.05, 3.63) is 18.2 Å². The SMILES string of the molecule is C[C@H](Cl)c1nccn1C[C@@H]1CCO1. The normalized spacial score (nSPS) is 24.0. The van der Waals surface area contributed by atoms with Crippen LogP contribution in [-0.4, -0.2) is 22.3 Å². The molecular weight excluding hydrogens is 188 g/mol. The van der Waals surface area contributed by atoms with Gasteiger partial charge in [-0.25, -0.2) is 4.98 Å². The molecule has 0 aromatic carbocycles. The summed E-state index contributed by atoms with van der Waals surface area (Å²) in [4.78, 5) is 4.20. The standard InChI is InChI=1S/C9H13ClN2O/c1-7(10)9-11-3-4-12(9)6-8-2-5-13-8/h3-4,7-8H,2,5-6H2,1H3/t7-,8-/m0/s1. The van der Waals surface area contributed by atoms with Gasteiger partial charge in [-0.1, -0.05) is 0 Å². The number of rotatable bonds is 3. The Morgan fingerprint density at radius 1 is 1.85 bits per heavy atom. The van der Waals surface area contributed by atoms with Gasteiger partial charge in [0.05, 0.1) is 18.0 Å². The fraction of sp³-hybridized carbons (Fsp3) is 0.667. The number of hydrogen-bond acceptors (Lipinski definition) is 2. The third-order valence-electron chi connectivity index (χ3n) is 2.30. The van der Waals surface area contributed by atoms with Crippen LogP contribution in [0, 0.1) is 0 Å².